The van der Waals surface area contributed by atoms with E-state index >= 15 is 0 Å². The molecule has 4 aromatic carbocycles. The van der Waals surface area contributed by atoms with E-state index < -0.39 is 0 Å². The van der Waals surface area contributed by atoms with Crippen LogP contribution < -0.4 is 0 Å². The fourth-order valence-corrected chi connectivity index (χ4v) is 2.30. The summed E-state index contributed by atoms with van der Waals surface area (Å²) in [5.41, 5.74) is 2.37. The zero-order valence-electron chi connectivity index (χ0n) is 18.4. The molecule has 0 aliphatic carbocycles. The van der Waals surface area contributed by atoms with Gasteiger partial charge in [-0.25, -0.2) is 0 Å². The summed E-state index contributed by atoms with van der Waals surface area (Å²) in [6.07, 6.45) is 0. The summed E-state index contributed by atoms with van der Waals surface area (Å²) >= 11 is 0. The standard InChI is InChI=1S/C10H14O2.3C6H6.Sn/c1-11-7-9-4-3-5-10(6-9)8-12-2;3*1-2-4-6-5-3-1;/h3-6H,7-8H2,1-2H3;3*1-6H;. The van der Waals surface area contributed by atoms with Crippen LogP contribution in [0.15, 0.2) is 133 Å². The van der Waals surface area contributed by atoms with Crippen LogP contribution in [-0.2, 0) is 22.7 Å². The Balaban J connectivity index is 0.000000405. The van der Waals surface area contributed by atoms with Gasteiger partial charge in [-0.1, -0.05) is 133 Å². The molecule has 0 unspecified atom stereocenters. The second kappa shape index (κ2) is 22.3. The van der Waals surface area contributed by atoms with Gasteiger partial charge >= 0.3 is 0 Å². The Labute approximate surface area is 204 Å². The van der Waals surface area contributed by atoms with Gasteiger partial charge in [-0.05, 0) is 11.1 Å². The second-order valence-electron chi connectivity index (χ2n) is 6.15. The first-order chi connectivity index (χ1) is 14.9. The molecule has 0 spiro atoms. The van der Waals surface area contributed by atoms with Crippen molar-refractivity contribution in [2.75, 3.05) is 14.2 Å². The number of benzene rings is 4. The summed E-state index contributed by atoms with van der Waals surface area (Å²) in [5, 5.41) is 0. The SMILES string of the molecule is COCc1cccc(COC)c1.[Sn].c1ccccc1.c1ccccc1.c1ccccc1. The summed E-state index contributed by atoms with van der Waals surface area (Å²) in [6, 6.07) is 44.2. The zero-order valence-corrected chi connectivity index (χ0v) is 21.3. The molecular formula is C28H32O2Sn. The number of hydrogen-bond donors (Lipinski definition) is 0. The van der Waals surface area contributed by atoms with Crippen LogP contribution in [0, 0.1) is 0 Å². The van der Waals surface area contributed by atoms with Gasteiger partial charge in [0.05, 0.1) is 13.2 Å². The molecule has 4 rings (SSSR count). The summed E-state index contributed by atoms with van der Waals surface area (Å²) in [4.78, 5) is 0. The third-order valence-electron chi connectivity index (χ3n) is 3.61. The molecule has 2 nitrogen and oxygen atoms in total. The number of methoxy groups -OCH3 is 2. The van der Waals surface area contributed by atoms with Crippen LogP contribution in [0.4, 0.5) is 0 Å². The minimum atomic E-state index is 0. The van der Waals surface area contributed by atoms with Crippen molar-refractivity contribution in [3.05, 3.63) is 145 Å². The Morgan fingerprint density at radius 3 is 0.839 bits per heavy atom. The van der Waals surface area contributed by atoms with Crippen LogP contribution in [0.1, 0.15) is 11.1 Å². The molecule has 0 amide bonds. The maximum atomic E-state index is 5.02. The van der Waals surface area contributed by atoms with Crippen molar-refractivity contribution < 1.29 is 9.47 Å². The van der Waals surface area contributed by atoms with E-state index in [2.05, 4.69) is 6.07 Å². The minimum absolute atomic E-state index is 0. The molecule has 0 aliphatic rings. The molecule has 0 N–H and O–H groups in total. The van der Waals surface area contributed by atoms with Gasteiger partial charge in [0, 0.05) is 38.1 Å². The Morgan fingerprint density at radius 1 is 0.419 bits per heavy atom. The Hall–Kier alpha value is -2.40. The van der Waals surface area contributed by atoms with Gasteiger partial charge in [0.25, 0.3) is 0 Å². The molecule has 0 saturated heterocycles. The fraction of sp³-hybridized carbons (Fsp3) is 0.143. The van der Waals surface area contributed by atoms with Crippen LogP contribution >= 0.6 is 0 Å². The third-order valence-corrected chi connectivity index (χ3v) is 3.61. The predicted molar refractivity (Wildman–Crippen MR) is 133 cm³/mol. The van der Waals surface area contributed by atoms with Crippen molar-refractivity contribution in [1.82, 2.24) is 0 Å². The molecule has 4 aromatic rings. The molecule has 4 radical (unpaired) electrons. The Kier molecular flexibility index (Phi) is 20.6. The summed E-state index contributed by atoms with van der Waals surface area (Å²) in [7, 11) is 3.39. The second-order valence-corrected chi connectivity index (χ2v) is 6.15. The molecule has 0 heterocycles. The summed E-state index contributed by atoms with van der Waals surface area (Å²) in [6.45, 7) is 1.33. The van der Waals surface area contributed by atoms with Gasteiger partial charge < -0.3 is 9.47 Å². The van der Waals surface area contributed by atoms with Gasteiger partial charge in [0.1, 0.15) is 0 Å². The Bertz CT molecular complexity index is 648. The van der Waals surface area contributed by atoms with E-state index in [1.54, 1.807) is 14.2 Å². The van der Waals surface area contributed by atoms with Crippen molar-refractivity contribution >= 4 is 23.9 Å². The molecule has 0 saturated carbocycles. The largest absolute Gasteiger partial charge is 0.380 e. The van der Waals surface area contributed by atoms with Crippen molar-refractivity contribution in [1.29, 1.82) is 0 Å². The van der Waals surface area contributed by atoms with Crippen molar-refractivity contribution in [3.63, 3.8) is 0 Å². The monoisotopic (exact) mass is 520 g/mol. The smallest absolute Gasteiger partial charge is 0.0713 e. The van der Waals surface area contributed by atoms with Gasteiger partial charge in [-0.3, -0.25) is 0 Å². The normalized spacial score (nSPS) is 8.58. The molecule has 0 atom stereocenters. The first kappa shape index (κ1) is 28.6. The predicted octanol–water partition coefficient (Wildman–Crippen LogP) is 6.66. The van der Waals surface area contributed by atoms with Crippen LogP contribution in [0.5, 0.6) is 0 Å². The van der Waals surface area contributed by atoms with Gasteiger partial charge in [-0.15, -0.1) is 0 Å². The van der Waals surface area contributed by atoms with E-state index in [1.165, 1.54) is 11.1 Å². The van der Waals surface area contributed by atoms with Crippen molar-refractivity contribution in [3.8, 4) is 0 Å². The molecule has 0 fully saturated rings. The molecule has 160 valence electrons. The van der Waals surface area contributed by atoms with E-state index in [-0.39, 0.29) is 23.9 Å². The molecule has 0 aliphatic heterocycles. The average molecular weight is 519 g/mol. The molecule has 3 heteroatoms. The quantitative estimate of drug-likeness (QED) is 0.281. The Morgan fingerprint density at radius 2 is 0.645 bits per heavy atom. The van der Waals surface area contributed by atoms with E-state index in [4.69, 9.17) is 9.47 Å². The maximum absolute atomic E-state index is 5.02. The molecule has 0 bridgehead atoms. The van der Waals surface area contributed by atoms with Crippen molar-refractivity contribution in [2.24, 2.45) is 0 Å². The summed E-state index contributed by atoms with van der Waals surface area (Å²) < 4.78 is 10.0. The first-order valence-corrected chi connectivity index (χ1v) is 9.92. The number of hydrogen-bond acceptors (Lipinski definition) is 2. The average Bonchev–Trinajstić information content (AvgIpc) is 2.84. The zero-order chi connectivity index (χ0) is 21.5. The third kappa shape index (κ3) is 18.1. The van der Waals surface area contributed by atoms with Crippen LogP contribution in [0.25, 0.3) is 0 Å². The number of ether oxygens (including phenoxy) is 2. The van der Waals surface area contributed by atoms with Crippen LogP contribution in [-0.4, -0.2) is 38.1 Å². The van der Waals surface area contributed by atoms with Crippen LogP contribution in [0.3, 0.4) is 0 Å². The van der Waals surface area contributed by atoms with Gasteiger partial charge in [0.15, 0.2) is 0 Å². The van der Waals surface area contributed by atoms with Crippen molar-refractivity contribution in [2.45, 2.75) is 13.2 Å². The first-order valence-electron chi connectivity index (χ1n) is 9.92. The van der Waals surface area contributed by atoms with Crippen LogP contribution in [0.2, 0.25) is 0 Å². The maximum Gasteiger partial charge on any atom is 0.0713 e. The minimum Gasteiger partial charge on any atom is -0.380 e. The van der Waals surface area contributed by atoms with E-state index in [1.807, 2.05) is 127 Å². The molecule has 31 heavy (non-hydrogen) atoms. The molecule has 0 aromatic heterocycles. The fourth-order valence-electron chi connectivity index (χ4n) is 2.30. The van der Waals surface area contributed by atoms with E-state index in [0.717, 1.165) is 0 Å². The summed E-state index contributed by atoms with van der Waals surface area (Å²) in [5.74, 6) is 0. The topological polar surface area (TPSA) is 18.5 Å². The van der Waals surface area contributed by atoms with Gasteiger partial charge in [-0.2, -0.15) is 0 Å². The van der Waals surface area contributed by atoms with E-state index in [9.17, 15) is 0 Å². The number of rotatable bonds is 4. The molecular weight excluding hydrogens is 487 g/mol. The van der Waals surface area contributed by atoms with E-state index in [0.29, 0.717) is 13.2 Å². The van der Waals surface area contributed by atoms with Gasteiger partial charge in [0.2, 0.25) is 0 Å².